The summed E-state index contributed by atoms with van der Waals surface area (Å²) in [6, 6.07) is 8.26. The highest BCUT2D eigenvalue weighted by atomic mass is 35.5. The maximum Gasteiger partial charge on any atom is 0.241 e. The molecule has 1 saturated heterocycles. The Labute approximate surface area is 139 Å². The summed E-state index contributed by atoms with van der Waals surface area (Å²) >= 11 is 0. The van der Waals surface area contributed by atoms with Gasteiger partial charge in [0.25, 0.3) is 0 Å². The largest absolute Gasteiger partial charge is 0.330 e. The molecule has 5 heteroatoms. The van der Waals surface area contributed by atoms with Gasteiger partial charge in [-0.2, -0.15) is 0 Å². The molecule has 2 aliphatic heterocycles. The van der Waals surface area contributed by atoms with E-state index in [1.165, 1.54) is 18.4 Å². The van der Waals surface area contributed by atoms with Crippen LogP contribution < -0.4 is 10.6 Å². The SMILES string of the molecule is Cl.NCCC1CCCN(CC(=O)N2CCc3ccccc32)C1. The van der Waals surface area contributed by atoms with Crippen molar-refractivity contribution in [2.75, 3.05) is 37.6 Å². The molecule has 1 amide bonds. The molecular formula is C17H26ClN3O. The van der Waals surface area contributed by atoms with Gasteiger partial charge in [-0.25, -0.2) is 0 Å². The zero-order valence-electron chi connectivity index (χ0n) is 13.0. The highest BCUT2D eigenvalue weighted by Gasteiger charge is 2.27. The van der Waals surface area contributed by atoms with Crippen molar-refractivity contribution in [2.24, 2.45) is 11.7 Å². The molecule has 0 aromatic heterocycles. The van der Waals surface area contributed by atoms with Crippen molar-refractivity contribution in [3.05, 3.63) is 29.8 Å². The zero-order valence-corrected chi connectivity index (χ0v) is 13.9. The predicted octanol–water partition coefficient (Wildman–Crippen LogP) is 2.06. The Kier molecular flexibility index (Phi) is 6.24. The molecule has 1 fully saturated rings. The van der Waals surface area contributed by atoms with Crippen molar-refractivity contribution < 1.29 is 4.79 Å². The van der Waals surface area contributed by atoms with E-state index >= 15 is 0 Å². The molecule has 0 bridgehead atoms. The number of hydrogen-bond acceptors (Lipinski definition) is 3. The van der Waals surface area contributed by atoms with E-state index in [9.17, 15) is 4.79 Å². The van der Waals surface area contributed by atoms with E-state index in [0.717, 1.165) is 44.7 Å². The van der Waals surface area contributed by atoms with Crippen molar-refractivity contribution in [1.29, 1.82) is 0 Å². The third kappa shape index (κ3) is 3.80. The van der Waals surface area contributed by atoms with Crippen LogP contribution in [0.25, 0.3) is 0 Å². The molecule has 3 rings (SSSR count). The van der Waals surface area contributed by atoms with Gasteiger partial charge in [-0.3, -0.25) is 9.69 Å². The van der Waals surface area contributed by atoms with Crippen molar-refractivity contribution in [3.63, 3.8) is 0 Å². The van der Waals surface area contributed by atoms with Crippen LogP contribution in [-0.2, 0) is 11.2 Å². The molecule has 4 nitrogen and oxygen atoms in total. The summed E-state index contributed by atoms with van der Waals surface area (Å²) in [6.07, 6.45) is 4.51. The normalized spacial score (nSPS) is 21.3. The lowest BCUT2D eigenvalue weighted by atomic mass is 9.95. The third-order valence-corrected chi connectivity index (χ3v) is 4.73. The van der Waals surface area contributed by atoms with Crippen LogP contribution in [0.1, 0.15) is 24.8 Å². The number of nitrogens with two attached hydrogens (primary N) is 1. The molecule has 0 spiro atoms. The van der Waals surface area contributed by atoms with Gasteiger partial charge in [-0.15, -0.1) is 12.4 Å². The van der Waals surface area contributed by atoms with E-state index in [0.29, 0.717) is 12.5 Å². The second-order valence-electron chi connectivity index (χ2n) is 6.24. The quantitative estimate of drug-likeness (QED) is 0.922. The Bertz CT molecular complexity index is 506. The molecule has 122 valence electrons. The lowest BCUT2D eigenvalue weighted by Crippen LogP contribution is -2.44. The number of anilines is 1. The zero-order chi connectivity index (χ0) is 14.7. The number of benzene rings is 1. The summed E-state index contributed by atoms with van der Waals surface area (Å²) in [5, 5.41) is 0. The number of rotatable bonds is 4. The fourth-order valence-corrected chi connectivity index (χ4v) is 3.64. The Morgan fingerprint density at radius 1 is 1.27 bits per heavy atom. The molecular weight excluding hydrogens is 298 g/mol. The first kappa shape index (κ1) is 17.3. The van der Waals surface area contributed by atoms with Gasteiger partial charge < -0.3 is 10.6 Å². The fourth-order valence-electron chi connectivity index (χ4n) is 3.64. The molecule has 2 heterocycles. The first-order valence-corrected chi connectivity index (χ1v) is 8.08. The number of likely N-dealkylation sites (tertiary alicyclic amines) is 1. The maximum atomic E-state index is 12.6. The standard InChI is InChI=1S/C17H25N3O.ClH/c18-9-7-14-4-3-10-19(12-14)13-17(21)20-11-8-15-5-1-2-6-16(15)20;/h1-2,5-6,14H,3-4,7-13,18H2;1H. The molecule has 2 N–H and O–H groups in total. The van der Waals surface area contributed by atoms with Gasteiger partial charge in [0.15, 0.2) is 0 Å². The van der Waals surface area contributed by atoms with Crippen molar-refractivity contribution in [1.82, 2.24) is 4.90 Å². The van der Waals surface area contributed by atoms with Gasteiger partial charge in [0, 0.05) is 18.8 Å². The molecule has 0 radical (unpaired) electrons. The second kappa shape index (κ2) is 7.95. The molecule has 0 aliphatic carbocycles. The average Bonchev–Trinajstić information content (AvgIpc) is 2.92. The van der Waals surface area contributed by atoms with Gasteiger partial charge in [-0.1, -0.05) is 18.2 Å². The number of carbonyl (C=O) groups is 1. The number of fused-ring (bicyclic) bond motifs is 1. The van der Waals surface area contributed by atoms with Crippen LogP contribution in [0.4, 0.5) is 5.69 Å². The fraction of sp³-hybridized carbons (Fsp3) is 0.588. The maximum absolute atomic E-state index is 12.6. The Morgan fingerprint density at radius 3 is 2.91 bits per heavy atom. The van der Waals surface area contributed by atoms with Gasteiger partial charge in [0.05, 0.1) is 6.54 Å². The van der Waals surface area contributed by atoms with Crippen LogP contribution >= 0.6 is 12.4 Å². The smallest absolute Gasteiger partial charge is 0.241 e. The van der Waals surface area contributed by atoms with Gasteiger partial charge in [0.2, 0.25) is 5.91 Å². The number of hydrogen-bond donors (Lipinski definition) is 1. The molecule has 1 atom stereocenters. The molecule has 22 heavy (non-hydrogen) atoms. The lowest BCUT2D eigenvalue weighted by Gasteiger charge is -2.33. The van der Waals surface area contributed by atoms with E-state index < -0.39 is 0 Å². The number of amides is 1. The Hall–Kier alpha value is -1.10. The monoisotopic (exact) mass is 323 g/mol. The number of para-hydroxylation sites is 1. The van der Waals surface area contributed by atoms with Crippen molar-refractivity contribution in [3.8, 4) is 0 Å². The van der Waals surface area contributed by atoms with Crippen LogP contribution in [0.15, 0.2) is 24.3 Å². The molecule has 0 saturated carbocycles. The number of piperidine rings is 1. The number of nitrogens with zero attached hydrogens (tertiary/aromatic N) is 2. The summed E-state index contributed by atoms with van der Waals surface area (Å²) < 4.78 is 0. The van der Waals surface area contributed by atoms with Crippen molar-refractivity contribution in [2.45, 2.75) is 25.7 Å². The first-order chi connectivity index (χ1) is 10.3. The van der Waals surface area contributed by atoms with Crippen LogP contribution in [0.2, 0.25) is 0 Å². The molecule has 1 aromatic rings. The topological polar surface area (TPSA) is 49.6 Å². The van der Waals surface area contributed by atoms with Gasteiger partial charge >= 0.3 is 0 Å². The van der Waals surface area contributed by atoms with Gasteiger partial charge in [-0.05, 0) is 56.3 Å². The predicted molar refractivity (Wildman–Crippen MR) is 92.6 cm³/mol. The van der Waals surface area contributed by atoms with E-state index in [4.69, 9.17) is 5.73 Å². The minimum atomic E-state index is 0. The summed E-state index contributed by atoms with van der Waals surface area (Å²) in [4.78, 5) is 16.9. The second-order valence-corrected chi connectivity index (χ2v) is 6.24. The highest BCUT2D eigenvalue weighted by molar-refractivity contribution is 5.96. The molecule has 2 aliphatic rings. The number of carbonyl (C=O) groups excluding carboxylic acids is 1. The minimum Gasteiger partial charge on any atom is -0.330 e. The van der Waals surface area contributed by atoms with Gasteiger partial charge in [0.1, 0.15) is 0 Å². The minimum absolute atomic E-state index is 0. The van der Waals surface area contributed by atoms with Crippen LogP contribution in [0.3, 0.4) is 0 Å². The lowest BCUT2D eigenvalue weighted by molar-refractivity contribution is -0.120. The van der Waals surface area contributed by atoms with Crippen LogP contribution in [0.5, 0.6) is 0 Å². The first-order valence-electron chi connectivity index (χ1n) is 8.08. The van der Waals surface area contributed by atoms with E-state index in [1.807, 2.05) is 11.0 Å². The third-order valence-electron chi connectivity index (χ3n) is 4.73. The summed E-state index contributed by atoms with van der Waals surface area (Å²) in [5.41, 5.74) is 8.07. The summed E-state index contributed by atoms with van der Waals surface area (Å²) in [5.74, 6) is 0.913. The molecule has 1 aromatic carbocycles. The van der Waals surface area contributed by atoms with Crippen LogP contribution in [-0.4, -0.2) is 43.5 Å². The Balaban J connectivity index is 0.00000176. The molecule has 1 unspecified atom stereocenters. The average molecular weight is 324 g/mol. The van der Waals surface area contributed by atoms with E-state index in [2.05, 4.69) is 23.1 Å². The number of halogens is 1. The van der Waals surface area contributed by atoms with Crippen molar-refractivity contribution >= 4 is 24.0 Å². The Morgan fingerprint density at radius 2 is 2.09 bits per heavy atom. The van der Waals surface area contributed by atoms with E-state index in [1.54, 1.807) is 0 Å². The summed E-state index contributed by atoms with van der Waals surface area (Å²) in [6.45, 7) is 4.21. The summed E-state index contributed by atoms with van der Waals surface area (Å²) in [7, 11) is 0. The highest BCUT2D eigenvalue weighted by Crippen LogP contribution is 2.28. The van der Waals surface area contributed by atoms with E-state index in [-0.39, 0.29) is 18.3 Å². The van der Waals surface area contributed by atoms with Crippen LogP contribution in [0, 0.1) is 5.92 Å².